The van der Waals surface area contributed by atoms with Gasteiger partial charge >= 0.3 is 0 Å². The lowest BCUT2D eigenvalue weighted by molar-refractivity contribution is -0.136. The molecule has 2 heterocycles. The molecule has 142 valence electrons. The Morgan fingerprint density at radius 2 is 1.74 bits per heavy atom. The number of aromatic nitrogens is 1. The fourth-order valence-corrected chi connectivity index (χ4v) is 4.69. The molecule has 4 heteroatoms. The minimum atomic E-state index is 0.290. The van der Waals surface area contributed by atoms with Gasteiger partial charge in [-0.2, -0.15) is 0 Å². The van der Waals surface area contributed by atoms with Crippen LogP contribution in [0.2, 0.25) is 5.02 Å². The van der Waals surface area contributed by atoms with Crippen molar-refractivity contribution in [1.82, 2.24) is 9.88 Å². The lowest BCUT2D eigenvalue weighted by Gasteiger charge is -2.33. The number of likely N-dealkylation sites (tertiary alicyclic amines) is 1. The van der Waals surface area contributed by atoms with E-state index in [2.05, 4.69) is 29.2 Å². The molecule has 1 aliphatic heterocycles. The quantitative estimate of drug-likeness (QED) is 0.726. The van der Waals surface area contributed by atoms with Gasteiger partial charge in [0.2, 0.25) is 5.91 Å². The third-order valence-corrected chi connectivity index (χ3v) is 6.46. The normalized spacial score (nSPS) is 18.8. The Bertz CT molecular complexity index is 792. The molecular formula is C23H27ClN2O. The number of carbonyl (C=O) groups is 1. The fourth-order valence-electron chi connectivity index (χ4n) is 4.49. The maximum Gasteiger partial charge on any atom is 0.225 e. The van der Waals surface area contributed by atoms with Gasteiger partial charge in [-0.1, -0.05) is 48.7 Å². The van der Waals surface area contributed by atoms with Crippen LogP contribution in [-0.4, -0.2) is 28.9 Å². The van der Waals surface area contributed by atoms with Gasteiger partial charge in [0, 0.05) is 47.8 Å². The summed E-state index contributed by atoms with van der Waals surface area (Å²) in [6, 6.07) is 14.3. The van der Waals surface area contributed by atoms with Gasteiger partial charge in [-0.15, -0.1) is 0 Å². The van der Waals surface area contributed by atoms with E-state index in [4.69, 9.17) is 16.6 Å². The summed E-state index contributed by atoms with van der Waals surface area (Å²) < 4.78 is 0. The van der Waals surface area contributed by atoms with Gasteiger partial charge in [0.25, 0.3) is 0 Å². The number of benzene rings is 1. The second-order valence-corrected chi connectivity index (χ2v) is 8.31. The highest BCUT2D eigenvalue weighted by molar-refractivity contribution is 6.31. The van der Waals surface area contributed by atoms with Crippen LogP contribution in [0.25, 0.3) is 0 Å². The van der Waals surface area contributed by atoms with Gasteiger partial charge in [0.15, 0.2) is 0 Å². The zero-order valence-corrected chi connectivity index (χ0v) is 16.5. The molecule has 3 nitrogen and oxygen atoms in total. The highest BCUT2D eigenvalue weighted by Crippen LogP contribution is 2.31. The Balaban J connectivity index is 1.38. The van der Waals surface area contributed by atoms with Crippen LogP contribution in [0, 0.1) is 5.92 Å². The molecule has 1 saturated carbocycles. The van der Waals surface area contributed by atoms with Crippen LogP contribution in [0.15, 0.2) is 42.5 Å². The Kier molecular flexibility index (Phi) is 5.77. The molecule has 2 fully saturated rings. The second-order valence-electron chi connectivity index (χ2n) is 7.90. The second kappa shape index (κ2) is 8.43. The van der Waals surface area contributed by atoms with Crippen molar-refractivity contribution >= 4 is 17.5 Å². The van der Waals surface area contributed by atoms with Crippen molar-refractivity contribution in [3.63, 3.8) is 0 Å². The molecule has 0 atom stereocenters. The maximum absolute atomic E-state index is 12.6. The largest absolute Gasteiger partial charge is 0.342 e. The molecule has 1 saturated heterocycles. The number of rotatable bonds is 4. The van der Waals surface area contributed by atoms with Crippen molar-refractivity contribution in [1.29, 1.82) is 0 Å². The summed E-state index contributed by atoms with van der Waals surface area (Å²) >= 11 is 6.30. The van der Waals surface area contributed by atoms with Gasteiger partial charge in [-0.05, 0) is 49.4 Å². The van der Waals surface area contributed by atoms with Crippen molar-refractivity contribution in [3.8, 4) is 0 Å². The van der Waals surface area contributed by atoms with Gasteiger partial charge < -0.3 is 4.90 Å². The summed E-state index contributed by atoms with van der Waals surface area (Å²) in [5.74, 6) is 1.13. The highest BCUT2D eigenvalue weighted by Gasteiger charge is 2.30. The van der Waals surface area contributed by atoms with E-state index in [0.717, 1.165) is 67.2 Å². The molecule has 4 rings (SSSR count). The van der Waals surface area contributed by atoms with Gasteiger partial charge in [-0.25, -0.2) is 0 Å². The predicted molar refractivity (Wildman–Crippen MR) is 109 cm³/mol. The molecule has 0 radical (unpaired) electrons. The molecule has 0 spiro atoms. The van der Waals surface area contributed by atoms with Crippen LogP contribution in [0.4, 0.5) is 0 Å². The van der Waals surface area contributed by atoms with Crippen molar-refractivity contribution in [3.05, 3.63) is 64.4 Å². The molecule has 27 heavy (non-hydrogen) atoms. The number of amides is 1. The first kappa shape index (κ1) is 18.5. The van der Waals surface area contributed by atoms with Crippen LogP contribution in [0.5, 0.6) is 0 Å². The number of halogens is 1. The molecule has 1 aliphatic carbocycles. The van der Waals surface area contributed by atoms with Crippen LogP contribution in [-0.2, 0) is 11.2 Å². The van der Waals surface area contributed by atoms with Gasteiger partial charge in [0.05, 0.1) is 0 Å². The van der Waals surface area contributed by atoms with Gasteiger partial charge in [-0.3, -0.25) is 9.78 Å². The van der Waals surface area contributed by atoms with E-state index in [1.165, 1.54) is 12.8 Å². The smallest absolute Gasteiger partial charge is 0.225 e. The summed E-state index contributed by atoms with van der Waals surface area (Å²) in [4.78, 5) is 19.6. The topological polar surface area (TPSA) is 33.2 Å². The summed E-state index contributed by atoms with van der Waals surface area (Å²) in [6.45, 7) is 1.74. The monoisotopic (exact) mass is 382 g/mol. The molecule has 1 aromatic heterocycles. The fraction of sp³-hybridized carbons (Fsp3) is 0.478. The average molecular weight is 383 g/mol. The number of carbonyl (C=O) groups excluding carboxylic acids is 1. The Labute approximate surface area is 166 Å². The standard InChI is InChI=1S/C23H27ClN2O/c24-21-10-4-3-8-19(21)16-20-9-5-11-22(25-20)17-12-14-26(15-13-17)23(27)18-6-1-2-7-18/h3-5,8-11,17-18H,1-2,6-7,12-16H2. The lowest BCUT2D eigenvalue weighted by Crippen LogP contribution is -2.40. The van der Waals surface area contributed by atoms with E-state index < -0.39 is 0 Å². The van der Waals surface area contributed by atoms with Crippen LogP contribution >= 0.6 is 11.6 Å². The molecule has 1 amide bonds. The first-order chi connectivity index (χ1) is 13.2. The first-order valence-corrected chi connectivity index (χ1v) is 10.6. The van der Waals surface area contributed by atoms with Crippen molar-refractivity contribution in [2.24, 2.45) is 5.92 Å². The van der Waals surface area contributed by atoms with Crippen molar-refractivity contribution < 1.29 is 4.79 Å². The van der Waals surface area contributed by atoms with Crippen molar-refractivity contribution in [2.75, 3.05) is 13.1 Å². The Morgan fingerprint density at radius 3 is 2.48 bits per heavy atom. The SMILES string of the molecule is O=C(C1CCCC1)N1CCC(c2cccc(Cc3ccccc3Cl)n2)CC1. The van der Waals surface area contributed by atoms with Crippen LogP contribution < -0.4 is 0 Å². The molecule has 0 N–H and O–H groups in total. The third kappa shape index (κ3) is 4.35. The van der Waals surface area contributed by atoms with Crippen molar-refractivity contribution in [2.45, 2.75) is 50.9 Å². The zero-order chi connectivity index (χ0) is 18.6. The summed E-state index contributed by atoms with van der Waals surface area (Å²) in [7, 11) is 0. The molecule has 2 aromatic rings. The molecule has 1 aromatic carbocycles. The Morgan fingerprint density at radius 1 is 1.00 bits per heavy atom. The highest BCUT2D eigenvalue weighted by atomic mass is 35.5. The summed E-state index contributed by atoms with van der Waals surface area (Å²) in [6.07, 6.45) is 7.40. The number of nitrogens with zero attached hydrogens (tertiary/aromatic N) is 2. The maximum atomic E-state index is 12.6. The molecule has 2 aliphatic rings. The minimum Gasteiger partial charge on any atom is -0.342 e. The van der Waals surface area contributed by atoms with E-state index in [9.17, 15) is 4.79 Å². The van der Waals surface area contributed by atoms with Gasteiger partial charge in [0.1, 0.15) is 0 Å². The van der Waals surface area contributed by atoms with E-state index in [-0.39, 0.29) is 0 Å². The first-order valence-electron chi connectivity index (χ1n) is 10.2. The molecule has 0 unspecified atom stereocenters. The lowest BCUT2D eigenvalue weighted by atomic mass is 9.91. The summed E-state index contributed by atoms with van der Waals surface area (Å²) in [5.41, 5.74) is 3.33. The van der Waals surface area contributed by atoms with E-state index in [0.29, 0.717) is 17.7 Å². The Hall–Kier alpha value is -1.87. The molecule has 0 bridgehead atoms. The molecular weight excluding hydrogens is 356 g/mol. The van der Waals surface area contributed by atoms with Crippen LogP contribution in [0.3, 0.4) is 0 Å². The van der Waals surface area contributed by atoms with E-state index in [1.807, 2.05) is 18.2 Å². The minimum absolute atomic E-state index is 0.290. The average Bonchev–Trinajstić information content (AvgIpc) is 3.24. The number of piperidine rings is 1. The number of pyridine rings is 1. The number of hydrogen-bond acceptors (Lipinski definition) is 2. The number of hydrogen-bond donors (Lipinski definition) is 0. The van der Waals surface area contributed by atoms with Crippen LogP contribution in [0.1, 0.15) is 61.4 Å². The third-order valence-electron chi connectivity index (χ3n) is 6.09. The van der Waals surface area contributed by atoms with E-state index >= 15 is 0 Å². The zero-order valence-electron chi connectivity index (χ0n) is 15.7. The predicted octanol–water partition coefficient (Wildman–Crippen LogP) is 5.22. The summed E-state index contributed by atoms with van der Waals surface area (Å²) in [5, 5.41) is 0.795. The van der Waals surface area contributed by atoms with E-state index in [1.54, 1.807) is 0 Å².